The van der Waals surface area contributed by atoms with Gasteiger partial charge in [-0.1, -0.05) is 23.7 Å². The standard InChI is InChI=1S/C19H17ClO6/c1-11-18(26-17-6-4-3-5-16(17)25-11)19(22)24-10-14(21)12-7-8-15(23-2)13(20)9-12/h3-9,11,18H,10H2,1-2H3. The molecule has 26 heavy (non-hydrogen) atoms. The number of halogens is 1. The molecule has 2 aromatic carbocycles. The number of methoxy groups -OCH3 is 1. The maximum absolute atomic E-state index is 12.3. The molecule has 1 aliphatic heterocycles. The number of hydrogen-bond acceptors (Lipinski definition) is 6. The molecular formula is C19H17ClO6. The molecule has 7 heteroatoms. The van der Waals surface area contributed by atoms with E-state index >= 15 is 0 Å². The third-order valence-electron chi connectivity index (χ3n) is 3.89. The van der Waals surface area contributed by atoms with E-state index in [4.69, 9.17) is 30.5 Å². The van der Waals surface area contributed by atoms with Gasteiger partial charge < -0.3 is 18.9 Å². The van der Waals surface area contributed by atoms with Gasteiger partial charge >= 0.3 is 5.97 Å². The van der Waals surface area contributed by atoms with Crippen molar-refractivity contribution in [1.82, 2.24) is 0 Å². The van der Waals surface area contributed by atoms with E-state index in [9.17, 15) is 9.59 Å². The summed E-state index contributed by atoms with van der Waals surface area (Å²) in [5.41, 5.74) is 0.322. The summed E-state index contributed by atoms with van der Waals surface area (Å²) in [5, 5.41) is 0.305. The number of carbonyl (C=O) groups excluding carboxylic acids is 2. The maximum Gasteiger partial charge on any atom is 0.351 e. The number of Topliss-reactive ketones (excluding diaryl/α,β-unsaturated/α-hetero) is 1. The molecule has 0 saturated heterocycles. The number of carbonyl (C=O) groups is 2. The summed E-state index contributed by atoms with van der Waals surface area (Å²) in [6, 6.07) is 11.6. The Morgan fingerprint density at radius 1 is 1.12 bits per heavy atom. The van der Waals surface area contributed by atoms with Crippen LogP contribution in [0.15, 0.2) is 42.5 Å². The third-order valence-corrected chi connectivity index (χ3v) is 4.19. The lowest BCUT2D eigenvalue weighted by molar-refractivity contribution is -0.156. The van der Waals surface area contributed by atoms with Crippen molar-refractivity contribution in [2.75, 3.05) is 13.7 Å². The molecule has 2 atom stereocenters. The molecule has 1 aliphatic rings. The van der Waals surface area contributed by atoms with E-state index in [1.54, 1.807) is 37.3 Å². The molecule has 0 fully saturated rings. The highest BCUT2D eigenvalue weighted by Crippen LogP contribution is 2.33. The van der Waals surface area contributed by atoms with Crippen LogP contribution >= 0.6 is 11.6 Å². The molecular weight excluding hydrogens is 360 g/mol. The predicted molar refractivity (Wildman–Crippen MR) is 94.2 cm³/mol. The Morgan fingerprint density at radius 2 is 1.81 bits per heavy atom. The Labute approximate surface area is 155 Å². The second-order valence-corrected chi connectivity index (χ2v) is 6.10. The maximum atomic E-state index is 12.3. The number of hydrogen-bond donors (Lipinski definition) is 0. The van der Waals surface area contributed by atoms with E-state index in [1.165, 1.54) is 13.2 Å². The molecule has 3 rings (SSSR count). The van der Waals surface area contributed by atoms with Gasteiger partial charge in [0.2, 0.25) is 6.10 Å². The minimum absolute atomic E-state index is 0.305. The quantitative estimate of drug-likeness (QED) is 0.589. The van der Waals surface area contributed by atoms with E-state index in [1.807, 2.05) is 6.07 Å². The van der Waals surface area contributed by atoms with Crippen molar-refractivity contribution in [1.29, 1.82) is 0 Å². The van der Waals surface area contributed by atoms with Crippen LogP contribution in [0.25, 0.3) is 0 Å². The van der Waals surface area contributed by atoms with Crippen LogP contribution in [-0.4, -0.2) is 37.7 Å². The van der Waals surface area contributed by atoms with Gasteiger partial charge in [0, 0.05) is 5.56 Å². The van der Waals surface area contributed by atoms with Gasteiger partial charge in [0.15, 0.2) is 23.9 Å². The summed E-state index contributed by atoms with van der Waals surface area (Å²) >= 11 is 6.00. The van der Waals surface area contributed by atoms with Gasteiger partial charge in [0.25, 0.3) is 0 Å². The second-order valence-electron chi connectivity index (χ2n) is 5.69. The highest BCUT2D eigenvalue weighted by atomic mass is 35.5. The molecule has 0 aromatic heterocycles. The molecule has 0 aliphatic carbocycles. The van der Waals surface area contributed by atoms with E-state index in [0.717, 1.165) is 0 Å². The molecule has 0 radical (unpaired) electrons. The molecule has 0 saturated carbocycles. The van der Waals surface area contributed by atoms with Crippen molar-refractivity contribution in [2.24, 2.45) is 0 Å². The van der Waals surface area contributed by atoms with Crippen LogP contribution in [0.2, 0.25) is 5.02 Å². The second kappa shape index (κ2) is 7.66. The van der Waals surface area contributed by atoms with Crippen LogP contribution in [0.3, 0.4) is 0 Å². The van der Waals surface area contributed by atoms with Gasteiger partial charge in [-0.3, -0.25) is 4.79 Å². The number of esters is 1. The predicted octanol–water partition coefficient (Wildman–Crippen LogP) is 3.30. The van der Waals surface area contributed by atoms with Gasteiger partial charge in [-0.15, -0.1) is 0 Å². The summed E-state index contributed by atoms with van der Waals surface area (Å²) in [6.07, 6.45) is -1.49. The number of fused-ring (bicyclic) bond motifs is 1. The Bertz CT molecular complexity index is 835. The van der Waals surface area contributed by atoms with Crippen molar-refractivity contribution in [2.45, 2.75) is 19.1 Å². The van der Waals surface area contributed by atoms with Crippen LogP contribution in [0.4, 0.5) is 0 Å². The summed E-state index contributed by atoms with van der Waals surface area (Å²) in [5.74, 6) is 0.432. The Morgan fingerprint density at radius 3 is 2.46 bits per heavy atom. The van der Waals surface area contributed by atoms with Gasteiger partial charge in [-0.2, -0.15) is 0 Å². The largest absolute Gasteiger partial charge is 0.495 e. The molecule has 0 amide bonds. The minimum Gasteiger partial charge on any atom is -0.495 e. The van der Waals surface area contributed by atoms with Crippen molar-refractivity contribution in [3.05, 3.63) is 53.1 Å². The molecule has 2 aromatic rings. The highest BCUT2D eigenvalue weighted by molar-refractivity contribution is 6.32. The molecule has 0 bridgehead atoms. The van der Waals surface area contributed by atoms with Gasteiger partial charge in [0.05, 0.1) is 12.1 Å². The SMILES string of the molecule is COc1ccc(C(=O)COC(=O)C2Oc3ccccc3OC2C)cc1Cl. The zero-order valence-corrected chi connectivity index (χ0v) is 15.0. The van der Waals surface area contributed by atoms with Crippen molar-refractivity contribution < 1.29 is 28.5 Å². The van der Waals surface area contributed by atoms with Crippen LogP contribution in [0, 0.1) is 0 Å². The smallest absolute Gasteiger partial charge is 0.351 e. The van der Waals surface area contributed by atoms with Gasteiger partial charge in [-0.25, -0.2) is 4.79 Å². The zero-order chi connectivity index (χ0) is 18.7. The van der Waals surface area contributed by atoms with Gasteiger partial charge in [0.1, 0.15) is 11.9 Å². The summed E-state index contributed by atoms with van der Waals surface area (Å²) < 4.78 is 21.5. The first-order chi connectivity index (χ1) is 12.5. The van der Waals surface area contributed by atoms with Gasteiger partial charge in [-0.05, 0) is 37.3 Å². The first-order valence-electron chi connectivity index (χ1n) is 7.95. The minimum atomic E-state index is -0.947. The molecule has 2 unspecified atom stereocenters. The van der Waals surface area contributed by atoms with E-state index < -0.39 is 24.8 Å². The fourth-order valence-corrected chi connectivity index (χ4v) is 2.78. The third kappa shape index (κ3) is 3.75. The monoisotopic (exact) mass is 376 g/mol. The van der Waals surface area contributed by atoms with E-state index in [2.05, 4.69) is 0 Å². The molecule has 6 nitrogen and oxygen atoms in total. The first kappa shape index (κ1) is 18.1. The fourth-order valence-electron chi connectivity index (χ4n) is 2.52. The van der Waals surface area contributed by atoms with E-state index in [0.29, 0.717) is 27.8 Å². The zero-order valence-electron chi connectivity index (χ0n) is 14.2. The van der Waals surface area contributed by atoms with Crippen LogP contribution in [0.5, 0.6) is 17.2 Å². The average molecular weight is 377 g/mol. The first-order valence-corrected chi connectivity index (χ1v) is 8.33. The number of benzene rings is 2. The molecule has 0 N–H and O–H groups in total. The number of ketones is 1. The number of para-hydroxylation sites is 2. The molecule has 136 valence electrons. The summed E-state index contributed by atoms with van der Waals surface area (Å²) in [6.45, 7) is 1.28. The van der Waals surface area contributed by atoms with Crippen LogP contribution in [0.1, 0.15) is 17.3 Å². The Hall–Kier alpha value is -2.73. The fraction of sp³-hybridized carbons (Fsp3) is 0.263. The van der Waals surface area contributed by atoms with Crippen molar-refractivity contribution in [3.8, 4) is 17.2 Å². The molecule has 1 heterocycles. The summed E-state index contributed by atoms with van der Waals surface area (Å²) in [4.78, 5) is 24.5. The average Bonchev–Trinajstić information content (AvgIpc) is 2.65. The summed E-state index contributed by atoms with van der Waals surface area (Å²) in [7, 11) is 1.48. The lowest BCUT2D eigenvalue weighted by Gasteiger charge is -2.30. The Kier molecular flexibility index (Phi) is 5.32. The topological polar surface area (TPSA) is 71.1 Å². The molecule has 0 spiro atoms. The lowest BCUT2D eigenvalue weighted by atomic mass is 10.1. The number of rotatable bonds is 5. The van der Waals surface area contributed by atoms with E-state index in [-0.39, 0.29) is 5.78 Å². The van der Waals surface area contributed by atoms with Crippen molar-refractivity contribution >= 4 is 23.4 Å². The lowest BCUT2D eigenvalue weighted by Crippen LogP contribution is -2.44. The Balaban J connectivity index is 1.62. The van der Waals surface area contributed by atoms with Crippen molar-refractivity contribution in [3.63, 3.8) is 0 Å². The number of ether oxygens (including phenoxy) is 4. The highest BCUT2D eigenvalue weighted by Gasteiger charge is 2.35. The normalized spacial score (nSPS) is 18.1. The van der Waals surface area contributed by atoms with Crippen LogP contribution < -0.4 is 14.2 Å². The van der Waals surface area contributed by atoms with Crippen LogP contribution in [-0.2, 0) is 9.53 Å².